The summed E-state index contributed by atoms with van der Waals surface area (Å²) in [6, 6.07) is 0. The van der Waals surface area contributed by atoms with Gasteiger partial charge in [-0.05, 0) is 6.42 Å². The standard InChI is InChI=1S/C16H34O2S.K/c1-2-3-4-5-6-7-8-9-10-11-12-13-14-15-16-19(17)18;/h2-16H2,1H3,(H,17,18);/q;+1/p-1. The molecule has 0 aromatic heterocycles. The smallest absolute Gasteiger partial charge is 0.772 e. The average Bonchev–Trinajstić information content (AvgIpc) is 2.39. The van der Waals surface area contributed by atoms with Crippen molar-refractivity contribution in [3.8, 4) is 0 Å². The quantitative estimate of drug-likeness (QED) is 0.263. The van der Waals surface area contributed by atoms with Crippen LogP contribution in [0.2, 0.25) is 0 Å². The predicted octanol–water partition coefficient (Wildman–Crippen LogP) is 2.35. The van der Waals surface area contributed by atoms with Crippen LogP contribution in [0.15, 0.2) is 0 Å². The maximum absolute atomic E-state index is 10.3. The van der Waals surface area contributed by atoms with Crippen LogP contribution in [-0.4, -0.2) is 14.5 Å². The van der Waals surface area contributed by atoms with Crippen molar-refractivity contribution in [2.24, 2.45) is 0 Å². The molecule has 0 N–H and O–H groups in total. The van der Waals surface area contributed by atoms with Crippen molar-refractivity contribution >= 4 is 11.1 Å². The van der Waals surface area contributed by atoms with Gasteiger partial charge in [-0.15, -0.1) is 0 Å². The molecule has 1 atom stereocenters. The SMILES string of the molecule is CCCCCCCCCCCCCCCCS(=O)[O-].[K+]. The zero-order valence-electron chi connectivity index (χ0n) is 13.8. The summed E-state index contributed by atoms with van der Waals surface area (Å²) in [5.41, 5.74) is 0. The van der Waals surface area contributed by atoms with Crippen molar-refractivity contribution in [3.05, 3.63) is 0 Å². The Morgan fingerprint density at radius 1 is 0.650 bits per heavy atom. The third-order valence-corrected chi connectivity index (χ3v) is 4.29. The molecule has 0 saturated heterocycles. The maximum atomic E-state index is 10.3. The van der Waals surface area contributed by atoms with Gasteiger partial charge >= 0.3 is 51.4 Å². The van der Waals surface area contributed by atoms with Gasteiger partial charge in [0.25, 0.3) is 0 Å². The maximum Gasteiger partial charge on any atom is 1.00 e. The van der Waals surface area contributed by atoms with Crippen LogP contribution in [0.4, 0.5) is 0 Å². The molecule has 4 heteroatoms. The zero-order chi connectivity index (χ0) is 14.2. The third-order valence-electron chi connectivity index (χ3n) is 3.66. The Bertz CT molecular complexity index is 201. The van der Waals surface area contributed by atoms with Crippen LogP contribution in [0.1, 0.15) is 96.8 Å². The fraction of sp³-hybridized carbons (Fsp3) is 1.00. The van der Waals surface area contributed by atoms with Crippen molar-refractivity contribution in [1.82, 2.24) is 0 Å². The minimum atomic E-state index is -1.83. The first kappa shape index (κ1) is 24.0. The number of hydrogen-bond donors (Lipinski definition) is 0. The first-order chi connectivity index (χ1) is 9.27. The third kappa shape index (κ3) is 22.0. The molecule has 0 saturated carbocycles. The molecule has 0 aliphatic heterocycles. The first-order valence-corrected chi connectivity index (χ1v) is 9.57. The van der Waals surface area contributed by atoms with Crippen molar-refractivity contribution in [1.29, 1.82) is 0 Å². The van der Waals surface area contributed by atoms with Gasteiger partial charge in [-0.25, -0.2) is 0 Å². The van der Waals surface area contributed by atoms with Gasteiger partial charge < -0.3 is 4.55 Å². The second kappa shape index (κ2) is 20.7. The van der Waals surface area contributed by atoms with E-state index in [0.29, 0.717) is 5.75 Å². The van der Waals surface area contributed by atoms with E-state index in [0.717, 1.165) is 12.8 Å². The molecule has 0 heterocycles. The van der Waals surface area contributed by atoms with Gasteiger partial charge in [0.2, 0.25) is 0 Å². The summed E-state index contributed by atoms with van der Waals surface area (Å²) >= 11 is -1.83. The molecule has 0 aromatic rings. The summed E-state index contributed by atoms with van der Waals surface area (Å²) in [7, 11) is 0. The van der Waals surface area contributed by atoms with Crippen LogP contribution in [0.5, 0.6) is 0 Å². The molecule has 0 aliphatic carbocycles. The summed E-state index contributed by atoms with van der Waals surface area (Å²) in [5.74, 6) is 0.345. The fourth-order valence-corrected chi connectivity index (χ4v) is 2.85. The minimum absolute atomic E-state index is 0. The predicted molar refractivity (Wildman–Crippen MR) is 84.1 cm³/mol. The Morgan fingerprint density at radius 2 is 0.950 bits per heavy atom. The Balaban J connectivity index is 0. The van der Waals surface area contributed by atoms with E-state index in [1.807, 2.05) is 0 Å². The molecule has 0 fully saturated rings. The van der Waals surface area contributed by atoms with Gasteiger partial charge in [0, 0.05) is 5.75 Å². The van der Waals surface area contributed by atoms with Crippen molar-refractivity contribution in [2.75, 3.05) is 5.75 Å². The Kier molecular flexibility index (Phi) is 24.9. The van der Waals surface area contributed by atoms with Gasteiger partial charge in [0.15, 0.2) is 0 Å². The van der Waals surface area contributed by atoms with E-state index in [9.17, 15) is 8.76 Å². The van der Waals surface area contributed by atoms with Gasteiger partial charge in [0.1, 0.15) is 0 Å². The van der Waals surface area contributed by atoms with E-state index in [2.05, 4.69) is 6.92 Å². The van der Waals surface area contributed by atoms with Gasteiger partial charge in [-0.1, -0.05) is 101 Å². The van der Waals surface area contributed by atoms with E-state index in [1.54, 1.807) is 0 Å². The van der Waals surface area contributed by atoms with Crippen molar-refractivity contribution in [2.45, 2.75) is 96.8 Å². The Hall–Kier alpha value is 1.75. The Labute approximate surface area is 172 Å². The van der Waals surface area contributed by atoms with Crippen LogP contribution >= 0.6 is 0 Å². The molecular formula is C16H33KO2S. The molecule has 0 rings (SSSR count). The van der Waals surface area contributed by atoms with E-state index < -0.39 is 11.1 Å². The number of unbranched alkanes of at least 4 members (excludes halogenated alkanes) is 13. The largest absolute Gasteiger partial charge is 1.00 e. The summed E-state index contributed by atoms with van der Waals surface area (Å²) in [4.78, 5) is 0. The molecule has 0 radical (unpaired) electrons. The van der Waals surface area contributed by atoms with Gasteiger partial charge in [-0.2, -0.15) is 0 Å². The van der Waals surface area contributed by atoms with Gasteiger partial charge in [-0.3, -0.25) is 4.21 Å². The van der Waals surface area contributed by atoms with E-state index in [1.165, 1.54) is 77.0 Å². The zero-order valence-corrected chi connectivity index (χ0v) is 17.8. The number of rotatable bonds is 15. The van der Waals surface area contributed by atoms with Crippen LogP contribution in [-0.2, 0) is 11.1 Å². The summed E-state index contributed by atoms with van der Waals surface area (Å²) in [6.45, 7) is 2.26. The van der Waals surface area contributed by atoms with Gasteiger partial charge in [0.05, 0.1) is 0 Å². The van der Waals surface area contributed by atoms with Crippen LogP contribution in [0, 0.1) is 0 Å². The van der Waals surface area contributed by atoms with Crippen LogP contribution < -0.4 is 51.4 Å². The van der Waals surface area contributed by atoms with Crippen LogP contribution in [0.3, 0.4) is 0 Å². The van der Waals surface area contributed by atoms with E-state index >= 15 is 0 Å². The summed E-state index contributed by atoms with van der Waals surface area (Å²) in [5, 5.41) is 0. The number of hydrogen-bond acceptors (Lipinski definition) is 2. The molecule has 20 heavy (non-hydrogen) atoms. The van der Waals surface area contributed by atoms with E-state index in [4.69, 9.17) is 0 Å². The normalized spacial score (nSPS) is 12.1. The fourth-order valence-electron chi connectivity index (χ4n) is 2.41. The molecule has 0 spiro atoms. The van der Waals surface area contributed by atoms with Crippen molar-refractivity contribution in [3.63, 3.8) is 0 Å². The van der Waals surface area contributed by atoms with Crippen LogP contribution in [0.25, 0.3) is 0 Å². The topological polar surface area (TPSA) is 40.1 Å². The summed E-state index contributed by atoms with van der Waals surface area (Å²) in [6.07, 6.45) is 18.3. The molecule has 1 unspecified atom stereocenters. The molecule has 0 aliphatic rings. The minimum Gasteiger partial charge on any atom is -0.772 e. The monoisotopic (exact) mass is 328 g/mol. The molecule has 2 nitrogen and oxygen atoms in total. The Morgan fingerprint density at radius 3 is 1.25 bits per heavy atom. The average molecular weight is 329 g/mol. The molecular weight excluding hydrogens is 295 g/mol. The second-order valence-corrected chi connectivity index (χ2v) is 6.62. The second-order valence-electron chi connectivity index (χ2n) is 5.60. The van der Waals surface area contributed by atoms with E-state index in [-0.39, 0.29) is 51.4 Å². The molecule has 0 amide bonds. The molecule has 0 aromatic carbocycles. The van der Waals surface area contributed by atoms with Crippen molar-refractivity contribution < 1.29 is 60.1 Å². The molecule has 116 valence electrons. The summed E-state index contributed by atoms with van der Waals surface area (Å²) < 4.78 is 20.6. The molecule has 0 bridgehead atoms. The first-order valence-electron chi connectivity index (χ1n) is 8.33.